The van der Waals surface area contributed by atoms with Gasteiger partial charge in [-0.3, -0.25) is 14.4 Å². The molecule has 8 atom stereocenters. The molecule has 0 amide bonds. The number of hydrogen-bond donors (Lipinski definition) is 1. The topological polar surface area (TPSA) is 71.4 Å². The highest BCUT2D eigenvalue weighted by molar-refractivity contribution is 6.01. The van der Waals surface area contributed by atoms with Gasteiger partial charge in [0.25, 0.3) is 0 Å². The van der Waals surface area contributed by atoms with Gasteiger partial charge < -0.3 is 5.11 Å². The largest absolute Gasteiger partial charge is 0.390 e. The summed E-state index contributed by atoms with van der Waals surface area (Å²) in [7, 11) is 0. The number of halogens is 2. The molecular formula is C28H32F2O4. The second kappa shape index (κ2) is 7.64. The molecule has 0 radical (unpaired) electrons. The van der Waals surface area contributed by atoms with E-state index in [0.29, 0.717) is 31.2 Å². The zero-order chi connectivity index (χ0) is 24.6. The van der Waals surface area contributed by atoms with Crippen molar-refractivity contribution in [1.82, 2.24) is 0 Å². The minimum Gasteiger partial charge on any atom is -0.390 e. The normalized spacial score (nSPS) is 43.4. The van der Waals surface area contributed by atoms with E-state index in [0.717, 1.165) is 5.57 Å². The molecule has 1 N–H and O–H groups in total. The first-order valence-corrected chi connectivity index (χ1v) is 12.3. The maximum absolute atomic E-state index is 17.3. The van der Waals surface area contributed by atoms with E-state index in [9.17, 15) is 23.9 Å². The summed E-state index contributed by atoms with van der Waals surface area (Å²) in [4.78, 5) is 38.5. The second-order valence-electron chi connectivity index (χ2n) is 11.5. The van der Waals surface area contributed by atoms with E-state index in [-0.39, 0.29) is 36.1 Å². The van der Waals surface area contributed by atoms with Crippen molar-refractivity contribution in [3.8, 4) is 0 Å². The van der Waals surface area contributed by atoms with Crippen LogP contribution in [-0.2, 0) is 9.59 Å². The molecule has 34 heavy (non-hydrogen) atoms. The van der Waals surface area contributed by atoms with Crippen LogP contribution in [0.4, 0.5) is 8.78 Å². The second-order valence-corrected chi connectivity index (χ2v) is 11.5. The zero-order valence-corrected chi connectivity index (χ0v) is 19.9. The Morgan fingerprint density at radius 3 is 2.41 bits per heavy atom. The molecule has 3 saturated carbocycles. The van der Waals surface area contributed by atoms with E-state index in [4.69, 9.17) is 0 Å². The lowest BCUT2D eigenvalue weighted by Crippen LogP contribution is -2.67. The van der Waals surface area contributed by atoms with Crippen LogP contribution in [0.15, 0.2) is 35.9 Å². The molecule has 1 aromatic rings. The van der Waals surface area contributed by atoms with Crippen LogP contribution < -0.4 is 0 Å². The Labute approximate surface area is 198 Å². The van der Waals surface area contributed by atoms with E-state index in [1.165, 1.54) is 31.2 Å². The third-order valence-corrected chi connectivity index (χ3v) is 10.0. The molecule has 6 heteroatoms. The Balaban J connectivity index is 1.57. The zero-order valence-electron chi connectivity index (χ0n) is 19.9. The van der Waals surface area contributed by atoms with Gasteiger partial charge in [0.1, 0.15) is 17.3 Å². The Morgan fingerprint density at radius 1 is 1.09 bits per heavy atom. The summed E-state index contributed by atoms with van der Waals surface area (Å²) in [5, 5.41) is 11.4. The maximum Gasteiger partial charge on any atom is 0.166 e. The summed E-state index contributed by atoms with van der Waals surface area (Å²) in [6.45, 7) is 5.24. The van der Waals surface area contributed by atoms with Gasteiger partial charge in [-0.25, -0.2) is 8.78 Å². The first kappa shape index (κ1) is 23.5. The van der Waals surface area contributed by atoms with Gasteiger partial charge in [0.2, 0.25) is 0 Å². The van der Waals surface area contributed by atoms with Crippen molar-refractivity contribution in [2.45, 2.75) is 71.1 Å². The van der Waals surface area contributed by atoms with Crippen LogP contribution >= 0.6 is 0 Å². The van der Waals surface area contributed by atoms with Gasteiger partial charge >= 0.3 is 0 Å². The van der Waals surface area contributed by atoms with Crippen LogP contribution in [0.5, 0.6) is 0 Å². The first-order chi connectivity index (χ1) is 15.9. The number of benzene rings is 1. The van der Waals surface area contributed by atoms with Crippen molar-refractivity contribution in [2.24, 2.45) is 34.5 Å². The molecule has 5 rings (SSSR count). The van der Waals surface area contributed by atoms with Crippen molar-refractivity contribution in [2.75, 3.05) is 0 Å². The number of rotatable bonds is 3. The first-order valence-electron chi connectivity index (χ1n) is 12.3. The summed E-state index contributed by atoms with van der Waals surface area (Å²) in [5.41, 5.74) is -2.44. The van der Waals surface area contributed by atoms with Crippen LogP contribution in [-0.4, -0.2) is 34.2 Å². The molecule has 182 valence electrons. The van der Waals surface area contributed by atoms with E-state index < -0.39 is 46.2 Å². The van der Waals surface area contributed by atoms with Crippen molar-refractivity contribution in [3.05, 3.63) is 47.3 Å². The third-order valence-electron chi connectivity index (χ3n) is 10.0. The molecule has 0 spiro atoms. The lowest BCUT2D eigenvalue weighted by Gasteiger charge is -2.62. The number of allylic oxidation sites excluding steroid dienone is 1. The van der Waals surface area contributed by atoms with Crippen LogP contribution in [0, 0.1) is 40.3 Å². The number of carbonyl (C=O) groups is 3. The molecule has 1 aromatic carbocycles. The molecule has 4 nitrogen and oxygen atoms in total. The van der Waals surface area contributed by atoms with Crippen molar-refractivity contribution >= 4 is 17.3 Å². The average molecular weight is 471 g/mol. The molecule has 0 unspecified atom stereocenters. The molecule has 0 bridgehead atoms. The molecule has 0 saturated heterocycles. The number of aliphatic hydroxyl groups is 1. The SMILES string of the molecule is CC(=O)[C@H]1[C@H](C(=O)c2ccc(F)cc2)C[C@H]2[C@@H]3CCC4=CC(=O)CC[C@]4(C)[C@@]3(F)[C@@H](O)C[C@@]21C. The van der Waals surface area contributed by atoms with Crippen LogP contribution in [0.2, 0.25) is 0 Å². The molecule has 4 aliphatic carbocycles. The standard InChI is InChI=1S/C28H32F2O4/c1-15(31)24-20(25(34)16-4-7-18(29)8-5-16)13-22-21-9-6-17-12-19(32)10-11-27(17,3)28(21,30)23(33)14-26(22,24)2/h4-5,7-8,12,20-24,33H,6,9-11,13-14H2,1-3H3/t20-,21+,22+,23+,24+,26+,27+,28+/m1/s1. The van der Waals surface area contributed by atoms with Gasteiger partial charge in [-0.2, -0.15) is 0 Å². The van der Waals surface area contributed by atoms with Gasteiger partial charge in [-0.05, 0) is 80.7 Å². The molecule has 0 aromatic heterocycles. The highest BCUT2D eigenvalue weighted by Crippen LogP contribution is 2.70. The van der Waals surface area contributed by atoms with Gasteiger partial charge in [0, 0.05) is 35.2 Å². The Morgan fingerprint density at radius 2 is 1.76 bits per heavy atom. The van der Waals surface area contributed by atoms with E-state index >= 15 is 4.39 Å². The number of hydrogen-bond acceptors (Lipinski definition) is 4. The number of aliphatic hydroxyl groups excluding tert-OH is 1. The Kier molecular flexibility index (Phi) is 5.29. The summed E-state index contributed by atoms with van der Waals surface area (Å²) >= 11 is 0. The maximum atomic E-state index is 17.3. The number of Topliss-reactive ketones (excluding diaryl/α,β-unsaturated/α-hetero) is 2. The van der Waals surface area contributed by atoms with E-state index in [1.807, 2.05) is 13.8 Å². The number of alkyl halides is 1. The monoisotopic (exact) mass is 470 g/mol. The number of ketones is 3. The lowest BCUT2D eigenvalue weighted by atomic mass is 9.44. The third kappa shape index (κ3) is 3.00. The summed E-state index contributed by atoms with van der Waals surface area (Å²) in [6, 6.07) is 5.34. The van der Waals surface area contributed by atoms with Gasteiger partial charge in [-0.15, -0.1) is 0 Å². The smallest absolute Gasteiger partial charge is 0.166 e. The lowest BCUT2D eigenvalue weighted by molar-refractivity contribution is -0.208. The molecule has 3 fully saturated rings. The van der Waals surface area contributed by atoms with Gasteiger partial charge in [0.05, 0.1) is 6.10 Å². The van der Waals surface area contributed by atoms with Gasteiger partial charge in [0.15, 0.2) is 11.6 Å². The van der Waals surface area contributed by atoms with Gasteiger partial charge in [-0.1, -0.05) is 19.4 Å². The van der Waals surface area contributed by atoms with Crippen molar-refractivity contribution in [1.29, 1.82) is 0 Å². The fourth-order valence-corrected chi connectivity index (χ4v) is 8.46. The molecule has 4 aliphatic rings. The fourth-order valence-electron chi connectivity index (χ4n) is 8.46. The van der Waals surface area contributed by atoms with Crippen molar-refractivity contribution in [3.63, 3.8) is 0 Å². The molecule has 0 heterocycles. The quantitative estimate of drug-likeness (QED) is 0.629. The minimum absolute atomic E-state index is 0.00660. The summed E-state index contributed by atoms with van der Waals surface area (Å²) < 4.78 is 30.7. The predicted octanol–water partition coefficient (Wildman–Crippen LogP) is 5.03. The minimum atomic E-state index is -1.92. The van der Waals surface area contributed by atoms with Crippen LogP contribution in [0.1, 0.15) is 69.7 Å². The highest BCUT2D eigenvalue weighted by atomic mass is 19.1. The van der Waals surface area contributed by atoms with Crippen LogP contribution in [0.3, 0.4) is 0 Å². The summed E-state index contributed by atoms with van der Waals surface area (Å²) in [5.74, 6) is -2.81. The highest BCUT2D eigenvalue weighted by Gasteiger charge is 2.72. The Bertz CT molecular complexity index is 1090. The summed E-state index contributed by atoms with van der Waals surface area (Å²) in [6.07, 6.45) is 2.43. The Hall–Kier alpha value is -2.21. The predicted molar refractivity (Wildman–Crippen MR) is 122 cm³/mol. The average Bonchev–Trinajstić information content (AvgIpc) is 3.08. The fraction of sp³-hybridized carbons (Fsp3) is 0.607. The molecular weight excluding hydrogens is 438 g/mol. The van der Waals surface area contributed by atoms with Crippen LogP contribution in [0.25, 0.3) is 0 Å². The van der Waals surface area contributed by atoms with E-state index in [1.54, 1.807) is 6.08 Å². The number of fused-ring (bicyclic) bond motifs is 5. The van der Waals surface area contributed by atoms with Crippen molar-refractivity contribution < 1.29 is 28.3 Å². The van der Waals surface area contributed by atoms with E-state index in [2.05, 4.69) is 0 Å². The molecule has 0 aliphatic heterocycles. The number of carbonyl (C=O) groups excluding carboxylic acids is 3.